The minimum absolute atomic E-state index is 0.239. The summed E-state index contributed by atoms with van der Waals surface area (Å²) in [5.74, 6) is 0. The number of rotatable bonds is 3. The van der Waals surface area contributed by atoms with Gasteiger partial charge in [0.25, 0.3) is 0 Å². The molecule has 1 aliphatic rings. The van der Waals surface area contributed by atoms with Crippen molar-refractivity contribution < 1.29 is 4.74 Å². The molecule has 2 atom stereocenters. The molecule has 1 heterocycles. The summed E-state index contributed by atoms with van der Waals surface area (Å²) in [7, 11) is 0. The third-order valence-corrected chi connectivity index (χ3v) is 3.10. The molecule has 0 spiro atoms. The molecule has 0 saturated carbocycles. The molecule has 0 aliphatic carbocycles. The molecule has 2 heteroatoms. The molecule has 0 aromatic carbocycles. The second kappa shape index (κ2) is 5.13. The van der Waals surface area contributed by atoms with Crippen LogP contribution in [0.1, 0.15) is 53.4 Å². The van der Waals surface area contributed by atoms with Crippen LogP contribution in [0.3, 0.4) is 0 Å². The van der Waals surface area contributed by atoms with Gasteiger partial charge < -0.3 is 10.1 Å². The number of hydrogen-bond donors (Lipinski definition) is 1. The molecule has 1 saturated heterocycles. The lowest BCUT2D eigenvalue weighted by atomic mass is 9.97. The summed E-state index contributed by atoms with van der Waals surface area (Å²) in [6, 6.07) is 0.535. The molecule has 0 aromatic rings. The molecule has 1 N–H and O–H groups in total. The lowest BCUT2D eigenvalue weighted by Crippen LogP contribution is -2.48. The van der Waals surface area contributed by atoms with Crippen LogP contribution in [0.4, 0.5) is 0 Å². The van der Waals surface area contributed by atoms with Crippen LogP contribution in [0.15, 0.2) is 0 Å². The van der Waals surface area contributed by atoms with E-state index in [1.165, 1.54) is 12.8 Å². The molecular formula is C12H25NO. The van der Waals surface area contributed by atoms with Gasteiger partial charge in [-0.25, -0.2) is 0 Å². The number of hydrogen-bond acceptors (Lipinski definition) is 2. The molecule has 14 heavy (non-hydrogen) atoms. The zero-order chi connectivity index (χ0) is 10.6. The summed E-state index contributed by atoms with van der Waals surface area (Å²) in [6.07, 6.45) is 5.09. The van der Waals surface area contributed by atoms with Crippen molar-refractivity contribution in [2.45, 2.75) is 71.1 Å². The van der Waals surface area contributed by atoms with E-state index in [9.17, 15) is 0 Å². The second-order valence-electron chi connectivity index (χ2n) is 4.99. The maximum atomic E-state index is 5.92. The van der Waals surface area contributed by atoms with Crippen LogP contribution in [-0.4, -0.2) is 24.3 Å². The summed E-state index contributed by atoms with van der Waals surface area (Å²) in [6.45, 7) is 9.92. The van der Waals surface area contributed by atoms with Gasteiger partial charge in [0, 0.05) is 18.2 Å². The topological polar surface area (TPSA) is 21.3 Å². The number of ether oxygens (including phenoxy) is 1. The van der Waals surface area contributed by atoms with Crippen LogP contribution in [0.5, 0.6) is 0 Å². The lowest BCUT2D eigenvalue weighted by Gasteiger charge is -2.30. The van der Waals surface area contributed by atoms with E-state index in [2.05, 4.69) is 33.0 Å². The normalized spacial score (nSPS) is 32.6. The van der Waals surface area contributed by atoms with Crippen LogP contribution < -0.4 is 5.32 Å². The molecule has 0 amide bonds. The molecule has 2 nitrogen and oxygen atoms in total. The first-order valence-electron chi connectivity index (χ1n) is 5.98. The summed E-state index contributed by atoms with van der Waals surface area (Å²) < 4.78 is 5.92. The third kappa shape index (κ3) is 3.25. The summed E-state index contributed by atoms with van der Waals surface area (Å²) in [5.41, 5.74) is 0.239. The Balaban J connectivity index is 2.59. The Morgan fingerprint density at radius 2 is 2.07 bits per heavy atom. The van der Waals surface area contributed by atoms with Crippen LogP contribution in [-0.2, 0) is 4.74 Å². The zero-order valence-corrected chi connectivity index (χ0v) is 10.1. The van der Waals surface area contributed by atoms with E-state index in [0.29, 0.717) is 12.1 Å². The van der Waals surface area contributed by atoms with E-state index in [-0.39, 0.29) is 5.54 Å². The van der Waals surface area contributed by atoms with Crippen molar-refractivity contribution in [3.63, 3.8) is 0 Å². The molecule has 0 bridgehead atoms. The maximum absolute atomic E-state index is 5.92. The summed E-state index contributed by atoms with van der Waals surface area (Å²) in [4.78, 5) is 0. The molecule has 1 aliphatic heterocycles. The fourth-order valence-electron chi connectivity index (χ4n) is 2.18. The van der Waals surface area contributed by atoms with E-state index in [0.717, 1.165) is 19.4 Å². The smallest absolute Gasteiger partial charge is 0.0728 e. The average molecular weight is 199 g/mol. The zero-order valence-electron chi connectivity index (χ0n) is 10.1. The molecule has 84 valence electrons. The fourth-order valence-corrected chi connectivity index (χ4v) is 2.18. The maximum Gasteiger partial charge on any atom is 0.0728 e. The van der Waals surface area contributed by atoms with E-state index < -0.39 is 0 Å². The van der Waals surface area contributed by atoms with Crippen molar-refractivity contribution in [2.24, 2.45) is 0 Å². The highest BCUT2D eigenvalue weighted by atomic mass is 16.5. The number of nitrogens with one attached hydrogen (secondary N) is 1. The van der Waals surface area contributed by atoms with Crippen LogP contribution in [0.25, 0.3) is 0 Å². The minimum Gasteiger partial charge on any atom is -0.377 e. The van der Waals surface area contributed by atoms with Crippen molar-refractivity contribution in [3.05, 3.63) is 0 Å². The Morgan fingerprint density at radius 1 is 1.36 bits per heavy atom. The average Bonchev–Trinajstić information content (AvgIpc) is 2.25. The van der Waals surface area contributed by atoms with Crippen LogP contribution in [0, 0.1) is 0 Å². The molecule has 2 unspecified atom stereocenters. The van der Waals surface area contributed by atoms with Gasteiger partial charge >= 0.3 is 0 Å². The Kier molecular flexibility index (Phi) is 4.39. The highest BCUT2D eigenvalue weighted by Gasteiger charge is 2.30. The Bertz CT molecular complexity index is 168. The van der Waals surface area contributed by atoms with E-state index >= 15 is 0 Å². The predicted molar refractivity (Wildman–Crippen MR) is 60.6 cm³/mol. The van der Waals surface area contributed by atoms with Crippen molar-refractivity contribution in [1.29, 1.82) is 0 Å². The van der Waals surface area contributed by atoms with Crippen molar-refractivity contribution in [2.75, 3.05) is 6.61 Å². The van der Waals surface area contributed by atoms with Crippen LogP contribution in [0.2, 0.25) is 0 Å². The largest absolute Gasteiger partial charge is 0.377 e. The van der Waals surface area contributed by atoms with Crippen LogP contribution >= 0.6 is 0 Å². The van der Waals surface area contributed by atoms with Gasteiger partial charge in [-0.15, -0.1) is 0 Å². The molecule has 1 fully saturated rings. The highest BCUT2D eigenvalue weighted by Crippen LogP contribution is 2.21. The lowest BCUT2D eigenvalue weighted by molar-refractivity contribution is 0.0357. The standard InChI is InChI=1S/C12H25NO/c1-5-7-11-10(6-2)13-12(3,4)8-9-14-11/h10-11,13H,5-9H2,1-4H3. The van der Waals surface area contributed by atoms with E-state index in [1.807, 2.05) is 0 Å². The van der Waals surface area contributed by atoms with Gasteiger partial charge in [0.2, 0.25) is 0 Å². The quantitative estimate of drug-likeness (QED) is 0.754. The molecular weight excluding hydrogens is 174 g/mol. The fraction of sp³-hybridized carbons (Fsp3) is 1.00. The Hall–Kier alpha value is -0.0800. The first-order chi connectivity index (χ1) is 6.59. The molecule has 0 radical (unpaired) electrons. The van der Waals surface area contributed by atoms with Gasteiger partial charge in [-0.3, -0.25) is 0 Å². The van der Waals surface area contributed by atoms with Gasteiger partial charge in [0.1, 0.15) is 0 Å². The van der Waals surface area contributed by atoms with Crippen molar-refractivity contribution in [1.82, 2.24) is 5.32 Å². The molecule has 1 rings (SSSR count). The first-order valence-corrected chi connectivity index (χ1v) is 5.98. The monoisotopic (exact) mass is 199 g/mol. The molecule has 0 aromatic heterocycles. The second-order valence-corrected chi connectivity index (χ2v) is 4.99. The van der Waals surface area contributed by atoms with Gasteiger partial charge in [-0.05, 0) is 33.1 Å². The van der Waals surface area contributed by atoms with Gasteiger partial charge in [0.05, 0.1) is 6.10 Å². The minimum atomic E-state index is 0.239. The van der Waals surface area contributed by atoms with E-state index in [4.69, 9.17) is 4.74 Å². The third-order valence-electron chi connectivity index (χ3n) is 3.10. The highest BCUT2D eigenvalue weighted by molar-refractivity contribution is 4.88. The summed E-state index contributed by atoms with van der Waals surface area (Å²) >= 11 is 0. The van der Waals surface area contributed by atoms with Gasteiger partial charge in [-0.1, -0.05) is 20.3 Å². The Morgan fingerprint density at radius 3 is 2.64 bits per heavy atom. The summed E-state index contributed by atoms with van der Waals surface area (Å²) in [5, 5.41) is 3.71. The predicted octanol–water partition coefficient (Wildman–Crippen LogP) is 2.72. The first kappa shape index (κ1) is 12.0. The SMILES string of the molecule is CCCC1OCCC(C)(C)NC1CC. The van der Waals surface area contributed by atoms with Gasteiger partial charge in [0.15, 0.2) is 0 Å². The van der Waals surface area contributed by atoms with E-state index in [1.54, 1.807) is 0 Å². The van der Waals surface area contributed by atoms with Crippen molar-refractivity contribution in [3.8, 4) is 0 Å². The van der Waals surface area contributed by atoms with Gasteiger partial charge in [-0.2, -0.15) is 0 Å². The Labute approximate surface area is 88.4 Å². The van der Waals surface area contributed by atoms with Crippen molar-refractivity contribution >= 4 is 0 Å².